The zero-order chi connectivity index (χ0) is 17.7. The lowest BCUT2D eigenvalue weighted by atomic mass is 10.0. The summed E-state index contributed by atoms with van der Waals surface area (Å²) in [5, 5.41) is 12.0. The smallest absolute Gasteiger partial charge is 0.245 e. The van der Waals surface area contributed by atoms with Crippen LogP contribution in [0.4, 0.5) is 5.13 Å². The average Bonchev–Trinajstić information content (AvgIpc) is 3.01. The number of carbonyl (C=O) groups excluding carboxylic acids is 1. The molecular weight excluding hydrogens is 324 g/mol. The number of nitrogens with one attached hydrogen (secondary N) is 1. The third-order valence-corrected chi connectivity index (χ3v) is 4.31. The Labute approximate surface area is 146 Å². The minimum atomic E-state index is -0.731. The Morgan fingerprint density at radius 3 is 2.46 bits per heavy atom. The van der Waals surface area contributed by atoms with Crippen molar-refractivity contribution in [1.29, 1.82) is 0 Å². The molecule has 0 saturated carbocycles. The van der Waals surface area contributed by atoms with Gasteiger partial charge in [-0.3, -0.25) is 10.1 Å². The maximum absolute atomic E-state index is 12.0. The van der Waals surface area contributed by atoms with Gasteiger partial charge in [0.25, 0.3) is 0 Å². The zero-order valence-corrected chi connectivity index (χ0v) is 15.3. The highest BCUT2D eigenvalue weighted by atomic mass is 32.1. The molecule has 0 aliphatic rings. The number of ether oxygens (including phenoxy) is 1. The fourth-order valence-electron chi connectivity index (χ4n) is 1.97. The molecule has 0 unspecified atom stereocenters. The average molecular weight is 348 g/mol. The summed E-state index contributed by atoms with van der Waals surface area (Å²) in [6.45, 7) is 8.27. The van der Waals surface area contributed by atoms with Crippen LogP contribution in [0, 0.1) is 0 Å². The van der Waals surface area contributed by atoms with Crippen LogP contribution in [-0.2, 0) is 9.53 Å². The van der Waals surface area contributed by atoms with E-state index in [1.165, 1.54) is 16.9 Å². The van der Waals surface area contributed by atoms with Gasteiger partial charge in [-0.15, -0.1) is 10.2 Å². The number of nitrogens with two attached hydrogens (primary N) is 1. The van der Waals surface area contributed by atoms with E-state index in [1.807, 2.05) is 26.0 Å². The summed E-state index contributed by atoms with van der Waals surface area (Å²) in [7, 11) is 0. The molecule has 130 valence electrons. The molecule has 24 heavy (non-hydrogen) atoms. The Hall–Kier alpha value is -1.83. The molecule has 0 fully saturated rings. The molecule has 1 aromatic carbocycles. The van der Waals surface area contributed by atoms with Gasteiger partial charge in [-0.05, 0) is 25.3 Å². The van der Waals surface area contributed by atoms with Gasteiger partial charge in [0, 0.05) is 5.56 Å². The highest BCUT2D eigenvalue weighted by Crippen LogP contribution is 2.27. The molecule has 1 amide bonds. The van der Waals surface area contributed by atoms with Crippen molar-refractivity contribution in [2.75, 3.05) is 11.9 Å². The van der Waals surface area contributed by atoms with E-state index in [9.17, 15) is 4.79 Å². The summed E-state index contributed by atoms with van der Waals surface area (Å²) in [5.41, 5.74) is 8.04. The molecule has 1 aromatic heterocycles. The lowest BCUT2D eigenvalue weighted by Crippen LogP contribution is -2.40. The molecule has 0 saturated heterocycles. The molecule has 0 bridgehead atoms. The number of carbonyl (C=O) groups is 1. The number of hydrogen-bond donors (Lipinski definition) is 2. The van der Waals surface area contributed by atoms with Crippen molar-refractivity contribution in [2.45, 2.75) is 45.8 Å². The van der Waals surface area contributed by atoms with Crippen LogP contribution in [0.3, 0.4) is 0 Å². The van der Waals surface area contributed by atoms with E-state index >= 15 is 0 Å². The number of nitrogens with zero attached hydrogens (tertiary/aromatic N) is 2. The van der Waals surface area contributed by atoms with Crippen LogP contribution in [0.5, 0.6) is 0 Å². The van der Waals surface area contributed by atoms with E-state index < -0.39 is 6.04 Å². The highest BCUT2D eigenvalue weighted by Gasteiger charge is 2.17. The zero-order valence-electron chi connectivity index (χ0n) is 14.4. The summed E-state index contributed by atoms with van der Waals surface area (Å²) >= 11 is 1.32. The fourth-order valence-corrected chi connectivity index (χ4v) is 2.72. The van der Waals surface area contributed by atoms with Gasteiger partial charge in [0.15, 0.2) is 0 Å². The van der Waals surface area contributed by atoms with Gasteiger partial charge < -0.3 is 10.5 Å². The van der Waals surface area contributed by atoms with Gasteiger partial charge in [0.05, 0.1) is 12.7 Å². The number of amides is 1. The van der Waals surface area contributed by atoms with Gasteiger partial charge in [0.1, 0.15) is 11.0 Å². The van der Waals surface area contributed by atoms with E-state index in [-0.39, 0.29) is 18.6 Å². The minimum absolute atomic E-state index is 0.0331. The van der Waals surface area contributed by atoms with Crippen LogP contribution in [-0.4, -0.2) is 34.9 Å². The lowest BCUT2D eigenvalue weighted by Gasteiger charge is -2.13. The molecule has 2 aromatic rings. The molecule has 3 N–H and O–H groups in total. The van der Waals surface area contributed by atoms with E-state index in [4.69, 9.17) is 10.5 Å². The summed E-state index contributed by atoms with van der Waals surface area (Å²) in [6.07, 6.45) is 0.0331. The number of aromatic nitrogens is 2. The fraction of sp³-hybridized carbons (Fsp3) is 0.471. The lowest BCUT2D eigenvalue weighted by molar-refractivity contribution is -0.119. The second-order valence-electron chi connectivity index (χ2n) is 6.17. The molecule has 0 aliphatic heterocycles. The number of anilines is 1. The Kier molecular flexibility index (Phi) is 6.42. The molecule has 2 rings (SSSR count). The Morgan fingerprint density at radius 2 is 1.88 bits per heavy atom. The summed E-state index contributed by atoms with van der Waals surface area (Å²) in [4.78, 5) is 12.0. The van der Waals surface area contributed by atoms with Gasteiger partial charge >= 0.3 is 0 Å². The quantitative estimate of drug-likeness (QED) is 0.803. The van der Waals surface area contributed by atoms with Gasteiger partial charge in [-0.2, -0.15) is 0 Å². The SMILES string of the molecule is CC(C)OC[C@H](N)C(=O)Nc1nnc(-c2ccc(C(C)C)cc2)s1. The molecule has 0 radical (unpaired) electrons. The van der Waals surface area contributed by atoms with Crippen LogP contribution in [0.2, 0.25) is 0 Å². The summed E-state index contributed by atoms with van der Waals surface area (Å²) < 4.78 is 5.35. The third kappa shape index (κ3) is 5.09. The predicted molar refractivity (Wildman–Crippen MR) is 97.1 cm³/mol. The first kappa shape index (κ1) is 18.5. The van der Waals surface area contributed by atoms with Crippen LogP contribution in [0.1, 0.15) is 39.2 Å². The molecule has 0 spiro atoms. The van der Waals surface area contributed by atoms with Crippen molar-refractivity contribution in [3.8, 4) is 10.6 Å². The van der Waals surface area contributed by atoms with Crippen LogP contribution < -0.4 is 11.1 Å². The normalized spacial score (nSPS) is 12.6. The second-order valence-corrected chi connectivity index (χ2v) is 7.14. The largest absolute Gasteiger partial charge is 0.377 e. The van der Waals surface area contributed by atoms with Gasteiger partial charge in [0.2, 0.25) is 11.0 Å². The number of hydrogen-bond acceptors (Lipinski definition) is 6. The van der Waals surface area contributed by atoms with Crippen LogP contribution in [0.15, 0.2) is 24.3 Å². The van der Waals surface area contributed by atoms with Crippen LogP contribution >= 0.6 is 11.3 Å². The molecule has 1 atom stereocenters. The first-order valence-corrected chi connectivity index (χ1v) is 8.80. The standard InChI is InChI=1S/C17H24N4O2S/c1-10(2)12-5-7-13(8-6-12)16-20-21-17(24-16)19-15(22)14(18)9-23-11(3)4/h5-8,10-11,14H,9,18H2,1-4H3,(H,19,21,22)/t14-/m0/s1. The maximum Gasteiger partial charge on any atom is 0.245 e. The molecule has 7 heteroatoms. The van der Waals surface area contributed by atoms with Crippen molar-refractivity contribution in [1.82, 2.24) is 10.2 Å². The van der Waals surface area contributed by atoms with Crippen molar-refractivity contribution in [3.05, 3.63) is 29.8 Å². The van der Waals surface area contributed by atoms with Crippen molar-refractivity contribution in [3.63, 3.8) is 0 Å². The Bertz CT molecular complexity index is 667. The second kappa shape index (κ2) is 8.32. The van der Waals surface area contributed by atoms with E-state index in [0.717, 1.165) is 10.6 Å². The van der Waals surface area contributed by atoms with Gasteiger partial charge in [-0.25, -0.2) is 0 Å². The first-order chi connectivity index (χ1) is 11.4. The summed E-state index contributed by atoms with van der Waals surface area (Å²) in [5.74, 6) is 0.159. The Morgan fingerprint density at radius 1 is 1.21 bits per heavy atom. The predicted octanol–water partition coefficient (Wildman–Crippen LogP) is 3.02. The number of rotatable bonds is 7. The molecule has 6 nitrogen and oxygen atoms in total. The van der Waals surface area contributed by atoms with Gasteiger partial charge in [-0.1, -0.05) is 49.4 Å². The molecular formula is C17H24N4O2S. The van der Waals surface area contributed by atoms with E-state index in [2.05, 4.69) is 41.5 Å². The highest BCUT2D eigenvalue weighted by molar-refractivity contribution is 7.18. The van der Waals surface area contributed by atoms with E-state index in [0.29, 0.717) is 11.0 Å². The van der Waals surface area contributed by atoms with Crippen LogP contribution in [0.25, 0.3) is 10.6 Å². The van der Waals surface area contributed by atoms with Crippen molar-refractivity contribution < 1.29 is 9.53 Å². The summed E-state index contributed by atoms with van der Waals surface area (Å²) in [6, 6.07) is 7.47. The van der Waals surface area contributed by atoms with E-state index in [1.54, 1.807) is 0 Å². The minimum Gasteiger partial charge on any atom is -0.377 e. The maximum atomic E-state index is 12.0. The molecule has 0 aliphatic carbocycles. The third-order valence-electron chi connectivity index (χ3n) is 3.43. The Balaban J connectivity index is 1.98. The number of benzene rings is 1. The monoisotopic (exact) mass is 348 g/mol. The molecule has 1 heterocycles. The van der Waals surface area contributed by atoms with Crippen molar-refractivity contribution in [2.24, 2.45) is 5.73 Å². The van der Waals surface area contributed by atoms with Crippen molar-refractivity contribution >= 4 is 22.4 Å². The topological polar surface area (TPSA) is 90.1 Å². The first-order valence-electron chi connectivity index (χ1n) is 7.98.